The molecule has 0 unspecified atom stereocenters. The maximum atomic E-state index is 13.0. The number of carbonyl (C=O) groups excluding carboxylic acids is 1. The van der Waals surface area contributed by atoms with Crippen molar-refractivity contribution < 1.29 is 28.2 Å². The van der Waals surface area contributed by atoms with Crippen molar-refractivity contribution in [1.29, 1.82) is 0 Å². The lowest BCUT2D eigenvalue weighted by molar-refractivity contribution is -0.141. The highest BCUT2D eigenvalue weighted by atomic mass is 19.4. The van der Waals surface area contributed by atoms with Crippen LogP contribution >= 0.6 is 0 Å². The minimum absolute atomic E-state index is 0.0266. The average molecular weight is 289 g/mol. The Bertz CT molecular complexity index is 504. The first-order valence-electron chi connectivity index (χ1n) is 6.09. The van der Waals surface area contributed by atoms with Crippen molar-refractivity contribution in [2.24, 2.45) is 0 Å². The highest BCUT2D eigenvalue weighted by molar-refractivity contribution is 5.78. The lowest BCUT2D eigenvalue weighted by atomic mass is 9.97. The van der Waals surface area contributed by atoms with Crippen LogP contribution in [0.5, 0.6) is 0 Å². The Kier molecular flexibility index (Phi) is 4.01. The van der Waals surface area contributed by atoms with Gasteiger partial charge in [0.1, 0.15) is 6.61 Å². The third-order valence-electron chi connectivity index (χ3n) is 3.36. The standard InChI is InChI=1S/C13H14F3NO3/c14-13(15,16)10-4-2-1-3-9(10)11-5-8(19)6-17(11)12(20)7-18/h1-4,8,11,18-19H,5-7H2/t8-,11-/m1/s1. The monoisotopic (exact) mass is 289 g/mol. The number of β-amino-alcohol motifs (C(OH)–C–C–N with tert-alkyl or cyclic N) is 1. The summed E-state index contributed by atoms with van der Waals surface area (Å²) in [5, 5.41) is 18.5. The van der Waals surface area contributed by atoms with Crippen LogP contribution in [-0.2, 0) is 11.0 Å². The first-order valence-corrected chi connectivity index (χ1v) is 6.09. The zero-order chi connectivity index (χ0) is 14.9. The number of halogens is 3. The molecule has 7 heteroatoms. The molecule has 1 heterocycles. The van der Waals surface area contributed by atoms with Gasteiger partial charge in [-0.05, 0) is 18.1 Å². The first kappa shape index (κ1) is 14.8. The van der Waals surface area contributed by atoms with Gasteiger partial charge in [-0.15, -0.1) is 0 Å². The van der Waals surface area contributed by atoms with E-state index in [-0.39, 0.29) is 18.5 Å². The van der Waals surface area contributed by atoms with Gasteiger partial charge in [-0.1, -0.05) is 18.2 Å². The molecule has 0 aliphatic carbocycles. The zero-order valence-electron chi connectivity index (χ0n) is 10.5. The van der Waals surface area contributed by atoms with Crippen molar-refractivity contribution in [1.82, 2.24) is 4.90 Å². The van der Waals surface area contributed by atoms with Gasteiger partial charge in [0.05, 0.1) is 17.7 Å². The molecule has 1 saturated heterocycles. The molecule has 1 fully saturated rings. The SMILES string of the molecule is O=C(CO)N1C[C@H](O)C[C@@H]1c1ccccc1C(F)(F)F. The summed E-state index contributed by atoms with van der Waals surface area (Å²) in [5.74, 6) is -0.691. The fourth-order valence-electron chi connectivity index (χ4n) is 2.52. The van der Waals surface area contributed by atoms with Gasteiger partial charge in [0.2, 0.25) is 5.91 Å². The van der Waals surface area contributed by atoms with Gasteiger partial charge in [0.15, 0.2) is 0 Å². The number of carbonyl (C=O) groups is 1. The quantitative estimate of drug-likeness (QED) is 0.863. The number of amides is 1. The summed E-state index contributed by atoms with van der Waals surface area (Å²) in [6.07, 6.45) is -5.39. The van der Waals surface area contributed by atoms with Crippen LogP contribution in [0.1, 0.15) is 23.6 Å². The molecule has 0 bridgehead atoms. The molecule has 0 saturated carbocycles. The molecule has 4 nitrogen and oxygen atoms in total. The van der Waals surface area contributed by atoms with Crippen LogP contribution in [0.4, 0.5) is 13.2 Å². The van der Waals surface area contributed by atoms with Gasteiger partial charge in [0, 0.05) is 6.54 Å². The second-order valence-corrected chi connectivity index (χ2v) is 4.69. The predicted molar refractivity (Wildman–Crippen MR) is 63.6 cm³/mol. The molecule has 1 aromatic carbocycles. The number of nitrogens with zero attached hydrogens (tertiary/aromatic N) is 1. The van der Waals surface area contributed by atoms with Crippen molar-refractivity contribution in [2.45, 2.75) is 24.7 Å². The van der Waals surface area contributed by atoms with Crippen molar-refractivity contribution in [3.05, 3.63) is 35.4 Å². The van der Waals surface area contributed by atoms with Crippen LogP contribution in [0.2, 0.25) is 0 Å². The molecule has 1 aromatic rings. The molecule has 0 radical (unpaired) electrons. The third kappa shape index (κ3) is 2.78. The van der Waals surface area contributed by atoms with Crippen molar-refractivity contribution in [2.75, 3.05) is 13.2 Å². The highest BCUT2D eigenvalue weighted by Crippen LogP contribution is 2.40. The van der Waals surface area contributed by atoms with Gasteiger partial charge in [-0.3, -0.25) is 4.79 Å². The molecule has 1 aliphatic heterocycles. The van der Waals surface area contributed by atoms with Gasteiger partial charge in [-0.25, -0.2) is 0 Å². The average Bonchev–Trinajstić information content (AvgIpc) is 2.79. The number of likely N-dealkylation sites (tertiary alicyclic amines) is 1. The molecule has 0 spiro atoms. The van der Waals surface area contributed by atoms with Gasteiger partial charge >= 0.3 is 6.18 Å². The summed E-state index contributed by atoms with van der Waals surface area (Å²) in [6, 6.07) is 4.10. The summed E-state index contributed by atoms with van der Waals surface area (Å²) in [4.78, 5) is 12.7. The molecule has 2 N–H and O–H groups in total. The fourth-order valence-corrected chi connectivity index (χ4v) is 2.52. The Hall–Kier alpha value is -1.60. The second-order valence-electron chi connectivity index (χ2n) is 4.69. The normalized spacial score (nSPS) is 23.1. The van der Waals surface area contributed by atoms with Gasteiger partial charge < -0.3 is 15.1 Å². The van der Waals surface area contributed by atoms with E-state index >= 15 is 0 Å². The second kappa shape index (κ2) is 5.41. The molecule has 20 heavy (non-hydrogen) atoms. The molecule has 2 rings (SSSR count). The lowest BCUT2D eigenvalue weighted by Gasteiger charge is -2.26. The summed E-state index contributed by atoms with van der Waals surface area (Å²) < 4.78 is 39.0. The lowest BCUT2D eigenvalue weighted by Crippen LogP contribution is -2.34. The molecule has 2 atom stereocenters. The van der Waals surface area contributed by atoms with Crippen molar-refractivity contribution >= 4 is 5.91 Å². The minimum atomic E-state index is -4.53. The van der Waals surface area contributed by atoms with Crippen LogP contribution in [0.3, 0.4) is 0 Å². The molecular formula is C13H14F3NO3. The van der Waals surface area contributed by atoms with E-state index in [9.17, 15) is 23.1 Å². The number of benzene rings is 1. The zero-order valence-corrected chi connectivity index (χ0v) is 10.5. The van der Waals surface area contributed by atoms with Crippen LogP contribution < -0.4 is 0 Å². The van der Waals surface area contributed by atoms with Crippen molar-refractivity contribution in [3.63, 3.8) is 0 Å². The maximum absolute atomic E-state index is 13.0. The Balaban J connectivity index is 2.42. The van der Waals surface area contributed by atoms with Crippen LogP contribution in [0.15, 0.2) is 24.3 Å². The molecule has 1 aliphatic rings. The summed E-state index contributed by atoms with van der Waals surface area (Å²) in [7, 11) is 0. The molecular weight excluding hydrogens is 275 g/mol. The Morgan fingerprint density at radius 3 is 2.60 bits per heavy atom. The maximum Gasteiger partial charge on any atom is 0.416 e. The van der Waals surface area contributed by atoms with Crippen molar-refractivity contribution in [3.8, 4) is 0 Å². The number of hydrogen-bond donors (Lipinski definition) is 2. The fraction of sp³-hybridized carbons (Fsp3) is 0.462. The molecule has 1 amide bonds. The molecule has 0 aromatic heterocycles. The van der Waals surface area contributed by atoms with E-state index in [1.165, 1.54) is 18.2 Å². The number of aliphatic hydroxyl groups excluding tert-OH is 2. The molecule has 110 valence electrons. The smallest absolute Gasteiger partial charge is 0.391 e. The van der Waals surface area contributed by atoms with E-state index in [0.717, 1.165) is 11.0 Å². The van der Waals surface area contributed by atoms with E-state index in [1.807, 2.05) is 0 Å². The van der Waals surface area contributed by atoms with Crippen LogP contribution in [0, 0.1) is 0 Å². The first-order chi connectivity index (χ1) is 9.34. The topological polar surface area (TPSA) is 60.8 Å². The highest BCUT2D eigenvalue weighted by Gasteiger charge is 2.41. The number of aliphatic hydroxyl groups is 2. The predicted octanol–water partition coefficient (Wildman–Crippen LogP) is 1.33. The number of alkyl halides is 3. The minimum Gasteiger partial charge on any atom is -0.391 e. The van der Waals surface area contributed by atoms with E-state index in [2.05, 4.69) is 0 Å². The van der Waals surface area contributed by atoms with E-state index in [0.29, 0.717) is 0 Å². The largest absolute Gasteiger partial charge is 0.416 e. The van der Waals surface area contributed by atoms with E-state index < -0.39 is 36.4 Å². The van der Waals surface area contributed by atoms with Gasteiger partial charge in [-0.2, -0.15) is 13.2 Å². The van der Waals surface area contributed by atoms with Crippen LogP contribution in [-0.4, -0.2) is 40.3 Å². The van der Waals surface area contributed by atoms with Crippen LogP contribution in [0.25, 0.3) is 0 Å². The Morgan fingerprint density at radius 1 is 1.35 bits per heavy atom. The Labute approximate surface area is 113 Å². The van der Waals surface area contributed by atoms with Gasteiger partial charge in [0.25, 0.3) is 0 Å². The number of hydrogen-bond acceptors (Lipinski definition) is 3. The summed E-state index contributed by atoms with van der Waals surface area (Å²) in [5.41, 5.74) is -0.881. The van der Waals surface area contributed by atoms with E-state index in [1.54, 1.807) is 0 Å². The Morgan fingerprint density at radius 2 is 2.00 bits per heavy atom. The summed E-state index contributed by atoms with van der Waals surface area (Å²) in [6.45, 7) is -0.867. The third-order valence-corrected chi connectivity index (χ3v) is 3.36. The number of rotatable bonds is 2. The summed E-state index contributed by atoms with van der Waals surface area (Å²) >= 11 is 0. The van der Waals surface area contributed by atoms with E-state index in [4.69, 9.17) is 5.11 Å².